The third-order valence-electron chi connectivity index (χ3n) is 1.98. The lowest BCUT2D eigenvalue weighted by Crippen LogP contribution is -2.21. The largest absolute Gasteiger partial charge is 0.368 e. The van der Waals surface area contributed by atoms with Gasteiger partial charge in [-0.2, -0.15) is 10.2 Å². The van der Waals surface area contributed by atoms with Crippen molar-refractivity contribution >= 4 is 5.84 Å². The molecule has 0 spiro atoms. The molecular weight excluding hydrogens is 164 g/mol. The molecule has 1 aromatic rings. The van der Waals surface area contributed by atoms with Crippen molar-refractivity contribution in [3.8, 4) is 0 Å². The molecule has 0 amide bonds. The van der Waals surface area contributed by atoms with Crippen LogP contribution in [0.4, 0.5) is 0 Å². The van der Waals surface area contributed by atoms with E-state index in [9.17, 15) is 0 Å². The summed E-state index contributed by atoms with van der Waals surface area (Å²) in [6.45, 7) is 1.69. The van der Waals surface area contributed by atoms with Gasteiger partial charge in [0, 0.05) is 19.2 Å². The highest BCUT2D eigenvalue weighted by Gasteiger charge is 2.04. The van der Waals surface area contributed by atoms with Crippen molar-refractivity contribution in [1.29, 1.82) is 0 Å². The fourth-order valence-corrected chi connectivity index (χ4v) is 1.30. The van der Waals surface area contributed by atoms with E-state index < -0.39 is 0 Å². The van der Waals surface area contributed by atoms with Gasteiger partial charge in [0.15, 0.2) is 0 Å². The van der Waals surface area contributed by atoms with Gasteiger partial charge < -0.3 is 5.32 Å². The van der Waals surface area contributed by atoms with E-state index in [0.717, 1.165) is 31.0 Å². The molecule has 0 radical (unpaired) electrons. The Morgan fingerprint density at radius 2 is 2.46 bits per heavy atom. The van der Waals surface area contributed by atoms with Crippen molar-refractivity contribution < 1.29 is 0 Å². The van der Waals surface area contributed by atoms with Gasteiger partial charge in [-0.05, 0) is 18.6 Å². The standard InChI is InChI=1S/C9H12N4/c1-3-8(13-12-6-1)7-11-9-4-2-5-10-9/h1,3,6H,2,4-5,7H2,(H,10,11). The molecule has 4 nitrogen and oxygen atoms in total. The van der Waals surface area contributed by atoms with E-state index in [2.05, 4.69) is 20.5 Å². The van der Waals surface area contributed by atoms with Gasteiger partial charge in [-0.1, -0.05) is 0 Å². The molecule has 1 aliphatic heterocycles. The summed E-state index contributed by atoms with van der Waals surface area (Å²) in [5.74, 6) is 1.10. The molecule has 1 aliphatic rings. The van der Waals surface area contributed by atoms with Crippen LogP contribution in [0.2, 0.25) is 0 Å². The summed E-state index contributed by atoms with van der Waals surface area (Å²) < 4.78 is 0. The lowest BCUT2D eigenvalue weighted by atomic mass is 10.3. The second-order valence-electron chi connectivity index (χ2n) is 3.00. The Hall–Kier alpha value is -1.45. The first-order valence-corrected chi connectivity index (χ1v) is 4.49. The average Bonchev–Trinajstić information content (AvgIpc) is 2.69. The summed E-state index contributed by atoms with van der Waals surface area (Å²) in [7, 11) is 0. The van der Waals surface area contributed by atoms with Crippen LogP contribution in [0.25, 0.3) is 0 Å². The van der Waals surface area contributed by atoms with E-state index in [4.69, 9.17) is 0 Å². The minimum Gasteiger partial charge on any atom is -0.368 e. The normalized spacial score (nSPS) is 15.5. The van der Waals surface area contributed by atoms with Gasteiger partial charge in [-0.3, -0.25) is 4.99 Å². The number of nitrogens with zero attached hydrogens (tertiary/aromatic N) is 3. The van der Waals surface area contributed by atoms with Crippen LogP contribution in [-0.2, 0) is 6.54 Å². The molecule has 2 rings (SSSR count). The third-order valence-corrected chi connectivity index (χ3v) is 1.98. The smallest absolute Gasteiger partial charge is 0.0966 e. The van der Waals surface area contributed by atoms with Gasteiger partial charge in [0.2, 0.25) is 0 Å². The lowest BCUT2D eigenvalue weighted by Gasteiger charge is -2.03. The van der Waals surface area contributed by atoms with Crippen LogP contribution in [0, 0.1) is 0 Å². The van der Waals surface area contributed by atoms with Crippen LogP contribution in [0.3, 0.4) is 0 Å². The van der Waals surface area contributed by atoms with Crippen LogP contribution in [0.15, 0.2) is 23.3 Å². The zero-order chi connectivity index (χ0) is 8.93. The predicted octanol–water partition coefficient (Wildman–Crippen LogP) is 0.758. The zero-order valence-electron chi connectivity index (χ0n) is 7.40. The molecule has 0 bridgehead atoms. The highest BCUT2D eigenvalue weighted by molar-refractivity contribution is 5.83. The Kier molecular flexibility index (Phi) is 2.50. The Morgan fingerprint density at radius 3 is 3.15 bits per heavy atom. The second kappa shape index (κ2) is 3.98. The van der Waals surface area contributed by atoms with Gasteiger partial charge in [0.05, 0.1) is 18.1 Å². The Labute approximate surface area is 77.1 Å². The number of rotatable bonds is 2. The van der Waals surface area contributed by atoms with Crippen molar-refractivity contribution in [2.75, 3.05) is 6.54 Å². The average molecular weight is 176 g/mol. The molecule has 4 heteroatoms. The van der Waals surface area contributed by atoms with E-state index in [-0.39, 0.29) is 0 Å². The monoisotopic (exact) mass is 176 g/mol. The molecule has 0 aliphatic carbocycles. The fraction of sp³-hybridized carbons (Fsp3) is 0.444. The second-order valence-corrected chi connectivity index (χ2v) is 3.00. The summed E-state index contributed by atoms with van der Waals surface area (Å²) >= 11 is 0. The summed E-state index contributed by atoms with van der Waals surface area (Å²) in [5, 5.41) is 11.0. The molecule has 0 unspecified atom stereocenters. The first kappa shape index (κ1) is 8.16. The number of aliphatic imine (C=N–C) groups is 1. The fourth-order valence-electron chi connectivity index (χ4n) is 1.30. The summed E-state index contributed by atoms with van der Waals surface area (Å²) in [4.78, 5) is 4.31. The Morgan fingerprint density at radius 1 is 1.46 bits per heavy atom. The quantitative estimate of drug-likeness (QED) is 0.723. The molecule has 1 N–H and O–H groups in total. The van der Waals surface area contributed by atoms with Crippen LogP contribution in [0.1, 0.15) is 18.5 Å². The number of aromatic nitrogens is 2. The lowest BCUT2D eigenvalue weighted by molar-refractivity contribution is 0.820. The van der Waals surface area contributed by atoms with E-state index in [1.165, 1.54) is 6.42 Å². The van der Waals surface area contributed by atoms with Crippen LogP contribution >= 0.6 is 0 Å². The predicted molar refractivity (Wildman–Crippen MR) is 50.4 cm³/mol. The van der Waals surface area contributed by atoms with Gasteiger partial charge in [0.1, 0.15) is 0 Å². The number of nitrogens with one attached hydrogen (secondary N) is 1. The van der Waals surface area contributed by atoms with Crippen molar-refractivity contribution in [3.05, 3.63) is 24.0 Å². The molecule has 2 heterocycles. The molecular formula is C9H12N4. The van der Waals surface area contributed by atoms with Gasteiger partial charge >= 0.3 is 0 Å². The van der Waals surface area contributed by atoms with E-state index in [0.29, 0.717) is 0 Å². The summed E-state index contributed by atoms with van der Waals surface area (Å²) in [6, 6.07) is 3.84. The van der Waals surface area contributed by atoms with Crippen molar-refractivity contribution in [2.24, 2.45) is 4.99 Å². The van der Waals surface area contributed by atoms with Crippen LogP contribution < -0.4 is 5.32 Å². The highest BCUT2D eigenvalue weighted by atomic mass is 15.1. The summed E-state index contributed by atoms with van der Waals surface area (Å²) in [5.41, 5.74) is 0.956. The minimum atomic E-state index is 0.729. The third kappa shape index (κ3) is 2.24. The van der Waals surface area contributed by atoms with E-state index in [1.807, 2.05) is 12.1 Å². The zero-order valence-corrected chi connectivity index (χ0v) is 7.40. The molecule has 0 saturated carbocycles. The summed E-state index contributed by atoms with van der Waals surface area (Å²) in [6.07, 6.45) is 3.92. The SMILES string of the molecule is c1cnnc(CNC2=NCCC2)c1. The maximum Gasteiger partial charge on any atom is 0.0966 e. The van der Waals surface area contributed by atoms with Crippen LogP contribution in [-0.4, -0.2) is 22.6 Å². The first-order chi connectivity index (χ1) is 6.45. The molecule has 0 saturated heterocycles. The van der Waals surface area contributed by atoms with Crippen LogP contribution in [0.5, 0.6) is 0 Å². The Bertz CT molecular complexity index is 294. The van der Waals surface area contributed by atoms with Gasteiger partial charge in [0.25, 0.3) is 0 Å². The van der Waals surface area contributed by atoms with Gasteiger partial charge in [-0.25, -0.2) is 0 Å². The highest BCUT2D eigenvalue weighted by Crippen LogP contribution is 2.01. The maximum atomic E-state index is 4.31. The number of hydrogen-bond donors (Lipinski definition) is 1. The van der Waals surface area contributed by atoms with Crippen molar-refractivity contribution in [3.63, 3.8) is 0 Å². The van der Waals surface area contributed by atoms with E-state index >= 15 is 0 Å². The molecule has 13 heavy (non-hydrogen) atoms. The molecule has 0 fully saturated rings. The first-order valence-electron chi connectivity index (χ1n) is 4.49. The molecule has 1 aromatic heterocycles. The molecule has 0 atom stereocenters. The van der Waals surface area contributed by atoms with Crippen molar-refractivity contribution in [2.45, 2.75) is 19.4 Å². The molecule has 0 aromatic carbocycles. The maximum absolute atomic E-state index is 4.31. The van der Waals surface area contributed by atoms with E-state index in [1.54, 1.807) is 6.20 Å². The molecule has 68 valence electrons. The Balaban J connectivity index is 1.86. The van der Waals surface area contributed by atoms with Crippen molar-refractivity contribution in [1.82, 2.24) is 15.5 Å². The van der Waals surface area contributed by atoms with Gasteiger partial charge in [-0.15, -0.1) is 0 Å². The number of hydrogen-bond acceptors (Lipinski definition) is 4. The topological polar surface area (TPSA) is 50.2 Å². The minimum absolute atomic E-state index is 0.729. The number of amidine groups is 1.